The number of nitrogens with two attached hydrogens (primary N) is 1. The molecule has 0 heterocycles. The molecule has 0 aliphatic heterocycles. The van der Waals surface area contributed by atoms with Gasteiger partial charge >= 0.3 is 5.97 Å². The standard InChI is InChI=1S/C13H21FO2.C7H12FN.ClH/c1-13(2,3)16-12(15)9-6-10-4-7-11(14)8-5-10;8-7-3-1-6(5-9)2-4-7;/h7,10H,4-6,8-9H2,1-3H3;3,6H,1-2,4-5,9H2;1H. The topological polar surface area (TPSA) is 52.3 Å². The second-order valence-electron chi connectivity index (χ2n) is 7.94. The number of hydrogen-bond acceptors (Lipinski definition) is 3. The van der Waals surface area contributed by atoms with Gasteiger partial charge in [-0.15, -0.1) is 12.4 Å². The summed E-state index contributed by atoms with van der Waals surface area (Å²) in [7, 11) is 0. The minimum absolute atomic E-state index is 0. The van der Waals surface area contributed by atoms with Crippen LogP contribution in [0, 0.1) is 11.8 Å². The Labute approximate surface area is 162 Å². The van der Waals surface area contributed by atoms with E-state index < -0.39 is 5.60 Å². The first-order valence-corrected chi connectivity index (χ1v) is 9.30. The lowest BCUT2D eigenvalue weighted by Gasteiger charge is -2.21. The quantitative estimate of drug-likeness (QED) is 0.615. The lowest BCUT2D eigenvalue weighted by Crippen LogP contribution is -2.24. The third kappa shape index (κ3) is 11.6. The minimum Gasteiger partial charge on any atom is -0.460 e. The average molecular weight is 394 g/mol. The number of ether oxygens (including phenoxy) is 1. The fourth-order valence-electron chi connectivity index (χ4n) is 2.90. The number of esters is 1. The van der Waals surface area contributed by atoms with Crippen LogP contribution < -0.4 is 5.73 Å². The van der Waals surface area contributed by atoms with E-state index in [9.17, 15) is 13.6 Å². The lowest BCUT2D eigenvalue weighted by molar-refractivity contribution is -0.155. The number of allylic oxidation sites excluding steroid dienone is 4. The highest BCUT2D eigenvalue weighted by atomic mass is 35.5. The maximum Gasteiger partial charge on any atom is 0.306 e. The van der Waals surface area contributed by atoms with Gasteiger partial charge in [-0.05, 0) is 84.1 Å². The van der Waals surface area contributed by atoms with E-state index in [0.29, 0.717) is 37.6 Å². The lowest BCUT2D eigenvalue weighted by atomic mass is 9.90. The van der Waals surface area contributed by atoms with E-state index in [1.54, 1.807) is 12.2 Å². The summed E-state index contributed by atoms with van der Waals surface area (Å²) in [6.07, 6.45) is 9.04. The molecule has 2 aliphatic carbocycles. The number of carbonyl (C=O) groups is 1. The van der Waals surface area contributed by atoms with Crippen molar-refractivity contribution < 1.29 is 18.3 Å². The van der Waals surface area contributed by atoms with Crippen LogP contribution in [0.25, 0.3) is 0 Å². The molecule has 2 unspecified atom stereocenters. The van der Waals surface area contributed by atoms with Gasteiger partial charge in [-0.25, -0.2) is 8.78 Å². The number of hydrogen-bond donors (Lipinski definition) is 1. The van der Waals surface area contributed by atoms with E-state index in [1.807, 2.05) is 20.8 Å². The van der Waals surface area contributed by atoms with Crippen molar-refractivity contribution in [3.8, 4) is 0 Å². The Morgan fingerprint density at radius 2 is 1.62 bits per heavy atom. The van der Waals surface area contributed by atoms with Gasteiger partial charge in [0.05, 0.1) is 11.7 Å². The molecule has 2 atom stereocenters. The van der Waals surface area contributed by atoms with Gasteiger partial charge in [0.1, 0.15) is 5.60 Å². The molecular formula is C20H34ClF2NO2. The van der Waals surface area contributed by atoms with Crippen molar-refractivity contribution in [3.63, 3.8) is 0 Å². The van der Waals surface area contributed by atoms with Crippen molar-refractivity contribution in [2.75, 3.05) is 6.54 Å². The molecule has 3 nitrogen and oxygen atoms in total. The van der Waals surface area contributed by atoms with Crippen LogP contribution in [0.3, 0.4) is 0 Å². The van der Waals surface area contributed by atoms with Gasteiger partial charge in [-0.1, -0.05) is 12.2 Å². The molecule has 2 aliphatic rings. The van der Waals surface area contributed by atoms with Crippen molar-refractivity contribution in [1.82, 2.24) is 0 Å². The van der Waals surface area contributed by atoms with Gasteiger partial charge in [0, 0.05) is 6.42 Å². The second-order valence-corrected chi connectivity index (χ2v) is 7.94. The summed E-state index contributed by atoms with van der Waals surface area (Å²) in [4.78, 5) is 11.5. The predicted octanol–water partition coefficient (Wildman–Crippen LogP) is 5.78. The summed E-state index contributed by atoms with van der Waals surface area (Å²) in [6.45, 7) is 6.29. The van der Waals surface area contributed by atoms with Gasteiger partial charge in [0.25, 0.3) is 0 Å². The molecular weight excluding hydrogens is 360 g/mol. The van der Waals surface area contributed by atoms with E-state index in [1.165, 1.54) is 0 Å². The molecule has 152 valence electrons. The van der Waals surface area contributed by atoms with Gasteiger partial charge in [-0.3, -0.25) is 4.79 Å². The maximum absolute atomic E-state index is 12.7. The van der Waals surface area contributed by atoms with Crippen LogP contribution in [0.5, 0.6) is 0 Å². The Kier molecular flexibility index (Phi) is 12.0. The Morgan fingerprint density at radius 1 is 1.12 bits per heavy atom. The van der Waals surface area contributed by atoms with Gasteiger partial charge in [-0.2, -0.15) is 0 Å². The van der Waals surface area contributed by atoms with E-state index in [2.05, 4.69) is 0 Å². The summed E-state index contributed by atoms with van der Waals surface area (Å²) in [5.74, 6) is 0.854. The molecule has 0 saturated heterocycles. The highest BCUT2D eigenvalue weighted by Crippen LogP contribution is 2.27. The maximum atomic E-state index is 12.7. The third-order valence-corrected chi connectivity index (χ3v) is 4.44. The zero-order chi connectivity index (χ0) is 18.9. The molecule has 0 bridgehead atoms. The van der Waals surface area contributed by atoms with Gasteiger partial charge in [0.2, 0.25) is 0 Å². The molecule has 26 heavy (non-hydrogen) atoms. The Balaban J connectivity index is 0.000000532. The van der Waals surface area contributed by atoms with Crippen LogP contribution in [-0.4, -0.2) is 18.1 Å². The molecule has 6 heteroatoms. The van der Waals surface area contributed by atoms with Crippen molar-refractivity contribution in [2.45, 2.75) is 77.7 Å². The normalized spacial score (nSPS) is 22.8. The van der Waals surface area contributed by atoms with Crippen molar-refractivity contribution in [2.24, 2.45) is 17.6 Å². The smallest absolute Gasteiger partial charge is 0.306 e. The number of halogens is 3. The summed E-state index contributed by atoms with van der Waals surface area (Å²) >= 11 is 0. The van der Waals surface area contributed by atoms with Crippen molar-refractivity contribution in [3.05, 3.63) is 23.8 Å². The number of carbonyl (C=O) groups excluding carboxylic acids is 1. The van der Waals surface area contributed by atoms with Crippen molar-refractivity contribution >= 4 is 18.4 Å². The largest absolute Gasteiger partial charge is 0.460 e. The fraction of sp³-hybridized carbons (Fsp3) is 0.750. The van der Waals surface area contributed by atoms with Crippen LogP contribution in [-0.2, 0) is 9.53 Å². The van der Waals surface area contributed by atoms with E-state index >= 15 is 0 Å². The fourth-order valence-corrected chi connectivity index (χ4v) is 2.90. The Bertz CT molecular complexity index is 487. The SMILES string of the molecule is CC(C)(C)OC(=O)CCC1CC=C(F)CC1.Cl.NCC1CC=C(F)CC1. The molecule has 2 rings (SSSR count). The summed E-state index contributed by atoms with van der Waals surface area (Å²) in [5, 5.41) is 0. The van der Waals surface area contributed by atoms with E-state index in [-0.39, 0.29) is 30.0 Å². The van der Waals surface area contributed by atoms with Crippen LogP contribution in [0.2, 0.25) is 0 Å². The minimum atomic E-state index is -0.407. The van der Waals surface area contributed by atoms with Crippen LogP contribution >= 0.6 is 12.4 Å². The molecule has 0 aromatic rings. The average Bonchev–Trinajstić information content (AvgIpc) is 2.54. The first kappa shape index (κ1) is 25.1. The molecule has 0 radical (unpaired) electrons. The summed E-state index contributed by atoms with van der Waals surface area (Å²) < 4.78 is 30.3. The zero-order valence-corrected chi connectivity index (χ0v) is 17.0. The first-order chi connectivity index (χ1) is 11.7. The monoisotopic (exact) mass is 393 g/mol. The van der Waals surface area contributed by atoms with E-state index in [4.69, 9.17) is 10.5 Å². The second kappa shape index (κ2) is 12.4. The zero-order valence-electron chi connectivity index (χ0n) is 16.2. The molecule has 0 aromatic heterocycles. The molecule has 0 saturated carbocycles. The van der Waals surface area contributed by atoms with Gasteiger partial charge < -0.3 is 10.5 Å². The molecule has 0 fully saturated rings. The predicted molar refractivity (Wildman–Crippen MR) is 104 cm³/mol. The van der Waals surface area contributed by atoms with Crippen LogP contribution in [0.1, 0.15) is 72.1 Å². The highest BCUT2D eigenvalue weighted by Gasteiger charge is 2.19. The Hall–Kier alpha value is -0.940. The molecule has 2 N–H and O–H groups in total. The van der Waals surface area contributed by atoms with Crippen molar-refractivity contribution in [1.29, 1.82) is 0 Å². The first-order valence-electron chi connectivity index (χ1n) is 9.30. The molecule has 0 aromatic carbocycles. The van der Waals surface area contributed by atoms with Gasteiger partial charge in [0.15, 0.2) is 0 Å². The summed E-state index contributed by atoms with van der Waals surface area (Å²) in [5.41, 5.74) is 4.99. The highest BCUT2D eigenvalue weighted by molar-refractivity contribution is 5.85. The van der Waals surface area contributed by atoms with Crippen LogP contribution in [0.15, 0.2) is 23.8 Å². The Morgan fingerprint density at radius 3 is 2.00 bits per heavy atom. The van der Waals surface area contributed by atoms with Crippen LogP contribution in [0.4, 0.5) is 8.78 Å². The summed E-state index contributed by atoms with van der Waals surface area (Å²) in [6, 6.07) is 0. The molecule has 0 spiro atoms. The van der Waals surface area contributed by atoms with E-state index in [0.717, 1.165) is 32.1 Å². The number of rotatable bonds is 4. The molecule has 0 amide bonds. The third-order valence-electron chi connectivity index (χ3n) is 4.44.